The zero-order valence-electron chi connectivity index (χ0n) is 13.8. The van der Waals surface area contributed by atoms with Crippen molar-refractivity contribution in [3.8, 4) is 5.75 Å². The van der Waals surface area contributed by atoms with Crippen molar-refractivity contribution >= 4 is 27.5 Å². The van der Waals surface area contributed by atoms with E-state index in [2.05, 4.69) is 44.3 Å². The first-order chi connectivity index (χ1) is 11.7. The quantitative estimate of drug-likeness (QED) is 0.787. The van der Waals surface area contributed by atoms with Crippen LogP contribution >= 0.6 is 27.5 Å². The number of piperazine rings is 1. The highest BCUT2D eigenvalue weighted by molar-refractivity contribution is 9.10. The van der Waals surface area contributed by atoms with Crippen LogP contribution in [0.5, 0.6) is 5.75 Å². The maximum atomic E-state index is 6.33. The van der Waals surface area contributed by atoms with Crippen molar-refractivity contribution in [3.05, 3.63) is 63.1 Å². The molecule has 0 radical (unpaired) electrons. The number of benzene rings is 2. The Bertz CT molecular complexity index is 689. The average molecular weight is 410 g/mol. The molecule has 3 nitrogen and oxygen atoms in total. The van der Waals surface area contributed by atoms with Crippen LogP contribution in [0.1, 0.15) is 24.1 Å². The summed E-state index contributed by atoms with van der Waals surface area (Å²) >= 11 is 10.1. The van der Waals surface area contributed by atoms with Crippen LogP contribution in [0.25, 0.3) is 0 Å². The molecule has 0 aliphatic carbocycles. The molecule has 128 valence electrons. The number of rotatable bonds is 5. The number of ether oxygens (including phenoxy) is 1. The largest absolute Gasteiger partial charge is 0.494 e. The van der Waals surface area contributed by atoms with Gasteiger partial charge in [-0.05, 0) is 36.8 Å². The zero-order chi connectivity index (χ0) is 16.9. The predicted molar refractivity (Wildman–Crippen MR) is 103 cm³/mol. The monoisotopic (exact) mass is 408 g/mol. The fourth-order valence-corrected chi connectivity index (χ4v) is 3.90. The highest BCUT2D eigenvalue weighted by Gasteiger charge is 2.28. The van der Waals surface area contributed by atoms with Gasteiger partial charge in [0.2, 0.25) is 0 Å². The normalized spacial score (nSPS) is 16.8. The van der Waals surface area contributed by atoms with E-state index in [-0.39, 0.29) is 6.04 Å². The van der Waals surface area contributed by atoms with E-state index >= 15 is 0 Å². The molecule has 0 aromatic heterocycles. The first-order valence-corrected chi connectivity index (χ1v) is 9.49. The van der Waals surface area contributed by atoms with Crippen LogP contribution in [-0.4, -0.2) is 37.7 Å². The third kappa shape index (κ3) is 3.94. The summed E-state index contributed by atoms with van der Waals surface area (Å²) in [6, 6.07) is 14.4. The van der Waals surface area contributed by atoms with Crippen molar-refractivity contribution in [2.75, 3.05) is 32.8 Å². The topological polar surface area (TPSA) is 24.5 Å². The third-order valence-electron chi connectivity index (χ3n) is 4.28. The molecule has 1 saturated heterocycles. The van der Waals surface area contributed by atoms with Gasteiger partial charge in [0.1, 0.15) is 5.75 Å². The van der Waals surface area contributed by atoms with Crippen molar-refractivity contribution in [1.29, 1.82) is 0 Å². The van der Waals surface area contributed by atoms with Gasteiger partial charge in [-0.15, -0.1) is 0 Å². The number of halogens is 2. The second kappa shape index (κ2) is 8.34. The van der Waals surface area contributed by atoms with Gasteiger partial charge in [-0.3, -0.25) is 4.90 Å². The molecule has 1 unspecified atom stereocenters. The first kappa shape index (κ1) is 17.7. The molecule has 0 saturated carbocycles. The van der Waals surface area contributed by atoms with Crippen LogP contribution in [0, 0.1) is 0 Å². The molecule has 2 aromatic carbocycles. The second-order valence-corrected chi connectivity index (χ2v) is 7.12. The van der Waals surface area contributed by atoms with Gasteiger partial charge in [-0.1, -0.05) is 45.7 Å². The number of nitrogens with zero attached hydrogens (tertiary/aromatic N) is 1. The Balaban J connectivity index is 2.11. The average Bonchev–Trinajstić information content (AvgIpc) is 2.60. The summed E-state index contributed by atoms with van der Waals surface area (Å²) in [5.41, 5.74) is 2.36. The van der Waals surface area contributed by atoms with E-state index < -0.39 is 0 Å². The van der Waals surface area contributed by atoms with Crippen LogP contribution in [0.4, 0.5) is 0 Å². The van der Waals surface area contributed by atoms with Crippen molar-refractivity contribution in [1.82, 2.24) is 10.2 Å². The lowest BCUT2D eigenvalue weighted by atomic mass is 9.95. The second-order valence-electron chi connectivity index (χ2n) is 5.83. The third-order valence-corrected chi connectivity index (χ3v) is 5.24. The Morgan fingerprint density at radius 2 is 1.92 bits per heavy atom. The minimum atomic E-state index is 0.114. The summed E-state index contributed by atoms with van der Waals surface area (Å²) in [5, 5.41) is 4.16. The van der Waals surface area contributed by atoms with Crippen LogP contribution in [0.15, 0.2) is 46.9 Å². The highest BCUT2D eigenvalue weighted by atomic mass is 79.9. The van der Waals surface area contributed by atoms with Gasteiger partial charge in [-0.2, -0.15) is 0 Å². The summed E-state index contributed by atoms with van der Waals surface area (Å²) in [4.78, 5) is 2.49. The summed E-state index contributed by atoms with van der Waals surface area (Å²) in [5.74, 6) is 0.904. The summed E-state index contributed by atoms with van der Waals surface area (Å²) < 4.78 is 7.02. The van der Waals surface area contributed by atoms with Gasteiger partial charge in [0.05, 0.1) is 12.6 Å². The molecule has 0 spiro atoms. The predicted octanol–water partition coefficient (Wildman–Crippen LogP) is 4.50. The molecule has 24 heavy (non-hydrogen) atoms. The van der Waals surface area contributed by atoms with E-state index in [0.717, 1.165) is 47.0 Å². The molecule has 0 bridgehead atoms. The van der Waals surface area contributed by atoms with Crippen molar-refractivity contribution < 1.29 is 4.74 Å². The molecule has 1 atom stereocenters. The zero-order valence-corrected chi connectivity index (χ0v) is 16.1. The Kier molecular flexibility index (Phi) is 6.17. The molecular weight excluding hydrogens is 388 g/mol. The molecule has 5 heteroatoms. The van der Waals surface area contributed by atoms with Crippen molar-refractivity contribution in [2.24, 2.45) is 0 Å². The molecule has 3 rings (SSSR count). The Morgan fingerprint density at radius 3 is 2.62 bits per heavy atom. The standard InChI is InChI=1S/C19H22BrClN2O/c1-2-24-18-8-7-14(21)13-16(18)19(23-11-9-22-10-12-23)15-5-3-4-6-17(15)20/h3-8,13,19,22H,2,9-12H2,1H3. The summed E-state index contributed by atoms with van der Waals surface area (Å²) in [7, 11) is 0. The van der Waals surface area contributed by atoms with Gasteiger partial charge in [-0.25, -0.2) is 0 Å². The fraction of sp³-hybridized carbons (Fsp3) is 0.368. The fourth-order valence-electron chi connectivity index (χ4n) is 3.22. The number of hydrogen-bond donors (Lipinski definition) is 1. The minimum absolute atomic E-state index is 0.114. The Labute approximate surface area is 157 Å². The van der Waals surface area contributed by atoms with E-state index in [4.69, 9.17) is 16.3 Å². The van der Waals surface area contributed by atoms with Crippen LogP contribution in [0.2, 0.25) is 5.02 Å². The van der Waals surface area contributed by atoms with E-state index in [1.165, 1.54) is 5.56 Å². The highest BCUT2D eigenvalue weighted by Crippen LogP contribution is 2.39. The van der Waals surface area contributed by atoms with Crippen molar-refractivity contribution in [2.45, 2.75) is 13.0 Å². The molecular formula is C19H22BrClN2O. The van der Waals surface area contributed by atoms with Crippen LogP contribution in [0.3, 0.4) is 0 Å². The Morgan fingerprint density at radius 1 is 1.17 bits per heavy atom. The first-order valence-electron chi connectivity index (χ1n) is 8.32. The van der Waals surface area contributed by atoms with Crippen LogP contribution < -0.4 is 10.1 Å². The molecule has 1 N–H and O–H groups in total. The van der Waals surface area contributed by atoms with Gasteiger partial charge < -0.3 is 10.1 Å². The Hall–Kier alpha value is -1.07. The van der Waals surface area contributed by atoms with Crippen LogP contribution in [-0.2, 0) is 0 Å². The van der Waals surface area contributed by atoms with Gasteiger partial charge >= 0.3 is 0 Å². The smallest absolute Gasteiger partial charge is 0.124 e. The van der Waals surface area contributed by atoms with Crippen molar-refractivity contribution in [3.63, 3.8) is 0 Å². The molecule has 2 aromatic rings. The van der Waals surface area contributed by atoms with E-state index in [1.54, 1.807) is 0 Å². The maximum absolute atomic E-state index is 6.33. The lowest BCUT2D eigenvalue weighted by molar-refractivity contribution is 0.193. The van der Waals surface area contributed by atoms with E-state index in [9.17, 15) is 0 Å². The lowest BCUT2D eigenvalue weighted by Crippen LogP contribution is -2.45. The molecule has 1 heterocycles. The SMILES string of the molecule is CCOc1ccc(Cl)cc1C(c1ccccc1Br)N1CCNCC1. The molecule has 1 aliphatic heterocycles. The summed E-state index contributed by atoms with van der Waals surface area (Å²) in [6.45, 7) is 6.61. The van der Waals surface area contributed by atoms with Gasteiger partial charge in [0.25, 0.3) is 0 Å². The van der Waals surface area contributed by atoms with E-state index in [0.29, 0.717) is 6.61 Å². The van der Waals surface area contributed by atoms with Gasteiger partial charge in [0.15, 0.2) is 0 Å². The minimum Gasteiger partial charge on any atom is -0.494 e. The van der Waals surface area contributed by atoms with Gasteiger partial charge in [0, 0.05) is 41.2 Å². The molecule has 1 aliphatic rings. The molecule has 1 fully saturated rings. The number of hydrogen-bond acceptors (Lipinski definition) is 3. The molecule has 0 amide bonds. The number of nitrogens with one attached hydrogen (secondary N) is 1. The maximum Gasteiger partial charge on any atom is 0.124 e. The van der Waals surface area contributed by atoms with E-state index in [1.807, 2.05) is 31.2 Å². The summed E-state index contributed by atoms with van der Waals surface area (Å²) in [6.07, 6.45) is 0. The lowest BCUT2D eigenvalue weighted by Gasteiger charge is -2.36.